The van der Waals surface area contributed by atoms with Gasteiger partial charge in [-0.25, -0.2) is 0 Å². The molecule has 0 fully saturated rings. The van der Waals surface area contributed by atoms with E-state index in [1.165, 1.54) is 5.56 Å². The molecule has 0 radical (unpaired) electrons. The van der Waals surface area contributed by atoms with E-state index in [2.05, 4.69) is 16.6 Å². The van der Waals surface area contributed by atoms with Gasteiger partial charge in [-0.1, -0.05) is 30.5 Å². The fourth-order valence-electron chi connectivity index (χ4n) is 1.38. The molecule has 2 N–H and O–H groups in total. The van der Waals surface area contributed by atoms with Gasteiger partial charge in [-0.05, 0) is 25.5 Å². The van der Waals surface area contributed by atoms with E-state index < -0.39 is 0 Å². The molecule has 1 aromatic rings. The minimum absolute atomic E-state index is 0.0428. The maximum absolute atomic E-state index is 11.6. The van der Waals surface area contributed by atoms with E-state index in [9.17, 15) is 4.79 Å². The number of hydrogen-bond donors (Lipinski definition) is 2. The highest BCUT2D eigenvalue weighted by molar-refractivity contribution is 5.92. The molecule has 1 aromatic carbocycles. The Kier molecular flexibility index (Phi) is 5.25. The molecule has 3 heteroatoms. The maximum Gasteiger partial charge on any atom is 0.238 e. The average Bonchev–Trinajstić information content (AvgIpc) is 2.33. The van der Waals surface area contributed by atoms with Crippen molar-refractivity contribution in [1.29, 1.82) is 0 Å². The first-order chi connectivity index (χ1) is 8.15. The lowest BCUT2D eigenvalue weighted by Gasteiger charge is -2.10. The smallest absolute Gasteiger partial charge is 0.238 e. The minimum Gasteiger partial charge on any atom is -0.325 e. The van der Waals surface area contributed by atoms with E-state index in [1.807, 2.05) is 38.1 Å². The van der Waals surface area contributed by atoms with Gasteiger partial charge in [-0.2, -0.15) is 0 Å². The van der Waals surface area contributed by atoms with Crippen molar-refractivity contribution in [3.8, 4) is 12.3 Å². The molecular formula is C14H18N2O. The molecule has 0 aliphatic carbocycles. The summed E-state index contributed by atoms with van der Waals surface area (Å²) >= 11 is 0. The summed E-state index contributed by atoms with van der Waals surface area (Å²) < 4.78 is 0. The molecular weight excluding hydrogens is 212 g/mol. The molecule has 3 nitrogen and oxygen atoms in total. The zero-order chi connectivity index (χ0) is 12.7. The summed E-state index contributed by atoms with van der Waals surface area (Å²) in [6, 6.07) is 7.63. The molecule has 1 rings (SSSR count). The van der Waals surface area contributed by atoms with Crippen LogP contribution in [0.2, 0.25) is 0 Å². The van der Waals surface area contributed by atoms with Crippen LogP contribution in [0, 0.1) is 19.3 Å². The Hall–Kier alpha value is -1.79. The van der Waals surface area contributed by atoms with Gasteiger partial charge in [-0.15, -0.1) is 6.42 Å². The summed E-state index contributed by atoms with van der Waals surface area (Å²) in [6.07, 6.45) is 6.11. The second kappa shape index (κ2) is 6.72. The lowest BCUT2D eigenvalue weighted by atomic mass is 10.2. The monoisotopic (exact) mass is 230 g/mol. The van der Waals surface area contributed by atoms with Crippen LogP contribution in [0.25, 0.3) is 0 Å². The quantitative estimate of drug-likeness (QED) is 0.759. The molecule has 0 aromatic heterocycles. The van der Waals surface area contributed by atoms with E-state index >= 15 is 0 Å². The van der Waals surface area contributed by atoms with Crippen molar-refractivity contribution >= 4 is 11.6 Å². The molecule has 0 saturated carbocycles. The standard InChI is InChI=1S/C14H18N2O/c1-4-12(5-2)15-10-14(17)16-13-8-6-11(3)7-9-13/h1,6-9,12,15H,5,10H2,2-3H3,(H,16,17). The number of hydrogen-bond acceptors (Lipinski definition) is 2. The third kappa shape index (κ3) is 4.71. The van der Waals surface area contributed by atoms with Crippen LogP contribution >= 0.6 is 0 Å². The lowest BCUT2D eigenvalue weighted by molar-refractivity contribution is -0.115. The maximum atomic E-state index is 11.6. The molecule has 1 amide bonds. The van der Waals surface area contributed by atoms with Crippen LogP contribution in [0.5, 0.6) is 0 Å². The van der Waals surface area contributed by atoms with Gasteiger partial charge in [0.15, 0.2) is 0 Å². The molecule has 0 aliphatic rings. The van der Waals surface area contributed by atoms with Crippen molar-refractivity contribution in [3.05, 3.63) is 29.8 Å². The van der Waals surface area contributed by atoms with Crippen LogP contribution in [-0.2, 0) is 4.79 Å². The van der Waals surface area contributed by atoms with Crippen LogP contribution in [-0.4, -0.2) is 18.5 Å². The number of rotatable bonds is 5. The second-order valence-corrected chi connectivity index (χ2v) is 3.92. The number of terminal acetylenes is 1. The van der Waals surface area contributed by atoms with Crippen LogP contribution < -0.4 is 10.6 Å². The van der Waals surface area contributed by atoms with Crippen LogP contribution in [0.1, 0.15) is 18.9 Å². The Morgan fingerprint density at radius 3 is 2.59 bits per heavy atom. The SMILES string of the molecule is C#CC(CC)NCC(=O)Nc1ccc(C)cc1. The average molecular weight is 230 g/mol. The van der Waals surface area contributed by atoms with Gasteiger partial charge in [-0.3, -0.25) is 10.1 Å². The van der Waals surface area contributed by atoms with Gasteiger partial charge in [0.2, 0.25) is 5.91 Å². The Morgan fingerprint density at radius 1 is 1.41 bits per heavy atom. The Morgan fingerprint density at radius 2 is 2.06 bits per heavy atom. The molecule has 1 atom stereocenters. The Labute approximate surface area is 103 Å². The minimum atomic E-state index is -0.0810. The lowest BCUT2D eigenvalue weighted by Crippen LogP contribution is -2.34. The number of carbonyl (C=O) groups is 1. The van der Waals surface area contributed by atoms with Gasteiger partial charge in [0.25, 0.3) is 0 Å². The normalized spacial score (nSPS) is 11.6. The van der Waals surface area contributed by atoms with Gasteiger partial charge in [0, 0.05) is 5.69 Å². The summed E-state index contributed by atoms with van der Waals surface area (Å²) in [6.45, 7) is 4.22. The van der Waals surface area contributed by atoms with Crippen molar-refractivity contribution in [3.63, 3.8) is 0 Å². The highest BCUT2D eigenvalue weighted by Crippen LogP contribution is 2.07. The highest BCUT2D eigenvalue weighted by Gasteiger charge is 2.05. The van der Waals surface area contributed by atoms with Gasteiger partial charge in [0.1, 0.15) is 0 Å². The van der Waals surface area contributed by atoms with Crippen molar-refractivity contribution in [2.75, 3.05) is 11.9 Å². The van der Waals surface area contributed by atoms with Crippen molar-refractivity contribution in [1.82, 2.24) is 5.32 Å². The van der Waals surface area contributed by atoms with Crippen LogP contribution in [0.15, 0.2) is 24.3 Å². The third-order valence-corrected chi connectivity index (χ3v) is 2.45. The molecule has 0 heterocycles. The Balaban J connectivity index is 2.40. The van der Waals surface area contributed by atoms with Crippen molar-refractivity contribution < 1.29 is 4.79 Å². The Bertz CT molecular complexity index is 403. The van der Waals surface area contributed by atoms with Crippen molar-refractivity contribution in [2.45, 2.75) is 26.3 Å². The topological polar surface area (TPSA) is 41.1 Å². The molecule has 1 unspecified atom stereocenters. The number of carbonyl (C=O) groups excluding carboxylic acids is 1. The van der Waals surface area contributed by atoms with E-state index in [1.54, 1.807) is 0 Å². The number of nitrogens with one attached hydrogen (secondary N) is 2. The zero-order valence-electron chi connectivity index (χ0n) is 10.3. The van der Waals surface area contributed by atoms with Crippen LogP contribution in [0.4, 0.5) is 5.69 Å². The summed E-state index contributed by atoms with van der Waals surface area (Å²) in [7, 11) is 0. The van der Waals surface area contributed by atoms with Gasteiger partial charge >= 0.3 is 0 Å². The summed E-state index contributed by atoms with van der Waals surface area (Å²) in [5, 5.41) is 5.80. The van der Waals surface area contributed by atoms with E-state index in [-0.39, 0.29) is 18.5 Å². The molecule has 0 spiro atoms. The third-order valence-electron chi connectivity index (χ3n) is 2.45. The first-order valence-electron chi connectivity index (χ1n) is 5.71. The molecule has 0 aliphatic heterocycles. The molecule has 0 saturated heterocycles. The fraction of sp³-hybridized carbons (Fsp3) is 0.357. The van der Waals surface area contributed by atoms with Crippen LogP contribution in [0.3, 0.4) is 0 Å². The highest BCUT2D eigenvalue weighted by atomic mass is 16.1. The van der Waals surface area contributed by atoms with Gasteiger partial charge < -0.3 is 5.32 Å². The largest absolute Gasteiger partial charge is 0.325 e. The summed E-state index contributed by atoms with van der Waals surface area (Å²) in [5.41, 5.74) is 1.97. The fourth-order valence-corrected chi connectivity index (χ4v) is 1.38. The number of aryl methyl sites for hydroxylation is 1. The first-order valence-corrected chi connectivity index (χ1v) is 5.71. The molecule has 0 bridgehead atoms. The second-order valence-electron chi connectivity index (χ2n) is 3.92. The molecule has 90 valence electrons. The number of benzene rings is 1. The number of amides is 1. The van der Waals surface area contributed by atoms with Crippen molar-refractivity contribution in [2.24, 2.45) is 0 Å². The predicted molar refractivity (Wildman–Crippen MR) is 70.7 cm³/mol. The van der Waals surface area contributed by atoms with Gasteiger partial charge in [0.05, 0.1) is 12.6 Å². The zero-order valence-corrected chi connectivity index (χ0v) is 10.3. The number of anilines is 1. The predicted octanol–water partition coefficient (Wildman–Crippen LogP) is 1.93. The summed E-state index contributed by atoms with van der Waals surface area (Å²) in [5.74, 6) is 2.51. The van der Waals surface area contributed by atoms with E-state index in [0.717, 1.165) is 12.1 Å². The summed E-state index contributed by atoms with van der Waals surface area (Å²) in [4.78, 5) is 11.6. The van der Waals surface area contributed by atoms with E-state index in [4.69, 9.17) is 6.42 Å². The van der Waals surface area contributed by atoms with E-state index in [0.29, 0.717) is 0 Å². The first kappa shape index (κ1) is 13.3. The molecule has 17 heavy (non-hydrogen) atoms.